The maximum atomic E-state index is 12.6. The fraction of sp³-hybridized carbons (Fsp3) is 0.684. The normalized spacial score (nSPS) is 13.2. The Kier molecular flexibility index (Phi) is 7.54. The van der Waals surface area contributed by atoms with E-state index in [1.165, 1.54) is 6.07 Å². The molecule has 0 aromatic heterocycles. The van der Waals surface area contributed by atoms with Crippen LogP contribution in [0.15, 0.2) is 18.2 Å². The van der Waals surface area contributed by atoms with E-state index in [2.05, 4.69) is 0 Å². The highest BCUT2D eigenvalue weighted by Crippen LogP contribution is 2.30. The molecular formula is C19H29F3O2S. The van der Waals surface area contributed by atoms with Crippen LogP contribution in [-0.2, 0) is 22.4 Å². The van der Waals surface area contributed by atoms with Gasteiger partial charge in [0.1, 0.15) is 0 Å². The third kappa shape index (κ3) is 7.00. The van der Waals surface area contributed by atoms with E-state index in [1.807, 2.05) is 0 Å². The van der Waals surface area contributed by atoms with E-state index in [9.17, 15) is 21.6 Å². The summed E-state index contributed by atoms with van der Waals surface area (Å²) in [4.78, 5) is 0. The van der Waals surface area contributed by atoms with E-state index in [1.54, 1.807) is 33.8 Å². The van der Waals surface area contributed by atoms with Crippen LogP contribution in [0.1, 0.15) is 69.6 Å². The van der Waals surface area contributed by atoms with Crippen LogP contribution in [0, 0.1) is 6.92 Å². The number of unbranched alkanes of at least 4 members (excludes halogenated alkanes) is 4. The number of hydrogen-bond donors (Lipinski definition) is 0. The Morgan fingerprint density at radius 1 is 0.920 bits per heavy atom. The summed E-state index contributed by atoms with van der Waals surface area (Å²) in [5, 5.41) is 0. The smallest absolute Gasteiger partial charge is 0.228 e. The molecule has 0 saturated carbocycles. The number of rotatable bonds is 8. The van der Waals surface area contributed by atoms with Gasteiger partial charge in [0.05, 0.1) is 16.1 Å². The topological polar surface area (TPSA) is 34.1 Å². The minimum absolute atomic E-state index is 0.217. The maximum absolute atomic E-state index is 12.6. The second kappa shape index (κ2) is 8.56. The summed E-state index contributed by atoms with van der Waals surface area (Å²) in [7, 11) is -3.05. The summed E-state index contributed by atoms with van der Waals surface area (Å²) in [5.41, 5.74) is 1.02. The van der Waals surface area contributed by atoms with Crippen molar-refractivity contribution in [3.63, 3.8) is 0 Å². The Bertz CT molecular complexity index is 656. The van der Waals surface area contributed by atoms with Crippen molar-refractivity contribution in [2.45, 2.75) is 77.1 Å². The summed E-state index contributed by atoms with van der Waals surface area (Å²) in [5.74, 6) is 0.217. The van der Waals surface area contributed by atoms with Crippen molar-refractivity contribution in [1.82, 2.24) is 0 Å². The van der Waals surface area contributed by atoms with E-state index in [4.69, 9.17) is 0 Å². The van der Waals surface area contributed by atoms with E-state index in [0.29, 0.717) is 12.0 Å². The van der Waals surface area contributed by atoms with Gasteiger partial charge in [-0.25, -0.2) is 8.42 Å². The van der Waals surface area contributed by atoms with Crippen LogP contribution in [0.4, 0.5) is 13.2 Å². The Morgan fingerprint density at radius 3 is 2.00 bits per heavy atom. The highest BCUT2D eigenvalue weighted by molar-refractivity contribution is 7.92. The van der Waals surface area contributed by atoms with Crippen molar-refractivity contribution >= 4 is 9.84 Å². The van der Waals surface area contributed by atoms with E-state index in [0.717, 1.165) is 43.7 Å². The molecule has 0 heterocycles. The van der Waals surface area contributed by atoms with Gasteiger partial charge in [-0.3, -0.25) is 0 Å². The first-order valence-corrected chi connectivity index (χ1v) is 10.4. The Balaban J connectivity index is 2.31. The molecule has 0 radical (unpaired) electrons. The molecule has 1 aromatic carbocycles. The van der Waals surface area contributed by atoms with Crippen LogP contribution in [0.5, 0.6) is 0 Å². The molecule has 144 valence electrons. The predicted octanol–water partition coefficient (Wildman–Crippen LogP) is 5.72. The summed E-state index contributed by atoms with van der Waals surface area (Å²) in [6.45, 7) is 6.86. The van der Waals surface area contributed by atoms with Gasteiger partial charge in [-0.05, 0) is 70.2 Å². The number of benzene rings is 1. The molecule has 0 aliphatic rings. The molecule has 0 N–H and O–H groups in total. The summed E-state index contributed by atoms with van der Waals surface area (Å²) < 4.78 is 61.2. The van der Waals surface area contributed by atoms with Gasteiger partial charge in [0.15, 0.2) is 9.84 Å². The minimum atomic E-state index is -4.29. The Hall–Kier alpha value is -1.04. The molecule has 6 heteroatoms. The van der Waals surface area contributed by atoms with Crippen molar-refractivity contribution in [2.75, 3.05) is 5.75 Å². The average Bonchev–Trinajstić information content (AvgIpc) is 2.45. The molecule has 0 spiro atoms. The molecule has 0 aliphatic carbocycles. The van der Waals surface area contributed by atoms with Crippen LogP contribution in [0.2, 0.25) is 0 Å². The zero-order chi connectivity index (χ0) is 19.3. The number of hydrogen-bond acceptors (Lipinski definition) is 2. The second-order valence-corrected chi connectivity index (χ2v) is 10.5. The van der Waals surface area contributed by atoms with E-state index >= 15 is 0 Å². The van der Waals surface area contributed by atoms with E-state index in [-0.39, 0.29) is 5.75 Å². The Morgan fingerprint density at radius 2 is 1.48 bits per heavy atom. The minimum Gasteiger partial charge on any atom is -0.228 e. The van der Waals surface area contributed by atoms with Gasteiger partial charge in [-0.1, -0.05) is 25.3 Å². The van der Waals surface area contributed by atoms with Crippen LogP contribution in [0.3, 0.4) is 0 Å². The number of aryl methyl sites for hydroxylation is 2. The zero-order valence-electron chi connectivity index (χ0n) is 15.5. The molecule has 0 bridgehead atoms. The van der Waals surface area contributed by atoms with Gasteiger partial charge >= 0.3 is 6.18 Å². The molecule has 1 aromatic rings. The number of sulfone groups is 1. The summed E-state index contributed by atoms with van der Waals surface area (Å²) in [6.07, 6.45) is 0.786. The largest absolute Gasteiger partial charge is 0.416 e. The third-order valence-corrected chi connectivity index (χ3v) is 7.15. The SMILES string of the molecule is Cc1cc(C(F)(F)F)ccc1CCCCCCCS(=O)(=O)C(C)(C)C. The summed E-state index contributed by atoms with van der Waals surface area (Å²) in [6, 6.07) is 3.90. The molecule has 0 amide bonds. The highest BCUT2D eigenvalue weighted by atomic mass is 32.2. The lowest BCUT2D eigenvalue weighted by Crippen LogP contribution is -2.30. The van der Waals surface area contributed by atoms with Crippen LogP contribution < -0.4 is 0 Å². The molecule has 0 aliphatic heterocycles. The van der Waals surface area contributed by atoms with Crippen molar-refractivity contribution in [2.24, 2.45) is 0 Å². The highest BCUT2D eigenvalue weighted by Gasteiger charge is 2.30. The van der Waals surface area contributed by atoms with Crippen LogP contribution in [0.25, 0.3) is 0 Å². The monoisotopic (exact) mass is 378 g/mol. The standard InChI is InChI=1S/C19H29F3O2S/c1-15-14-17(19(20,21)22)12-11-16(15)10-8-6-5-7-9-13-25(23,24)18(2,3)4/h11-12,14H,5-10,13H2,1-4H3. The molecule has 0 fully saturated rings. The molecule has 0 unspecified atom stereocenters. The quantitative estimate of drug-likeness (QED) is 0.542. The lowest BCUT2D eigenvalue weighted by atomic mass is 9.99. The molecule has 25 heavy (non-hydrogen) atoms. The first-order chi connectivity index (χ1) is 11.3. The average molecular weight is 379 g/mol. The molecule has 0 saturated heterocycles. The van der Waals surface area contributed by atoms with Gasteiger partial charge in [0.2, 0.25) is 0 Å². The van der Waals surface area contributed by atoms with Gasteiger partial charge < -0.3 is 0 Å². The van der Waals surface area contributed by atoms with Crippen LogP contribution >= 0.6 is 0 Å². The second-order valence-electron chi connectivity index (χ2n) is 7.59. The molecule has 2 nitrogen and oxygen atoms in total. The molecule has 1 rings (SSSR count). The lowest BCUT2D eigenvalue weighted by Gasteiger charge is -2.18. The fourth-order valence-electron chi connectivity index (χ4n) is 2.60. The first-order valence-electron chi connectivity index (χ1n) is 8.73. The predicted molar refractivity (Wildman–Crippen MR) is 96.5 cm³/mol. The van der Waals surface area contributed by atoms with E-state index < -0.39 is 26.3 Å². The van der Waals surface area contributed by atoms with Gasteiger partial charge in [0, 0.05) is 0 Å². The number of halogens is 3. The van der Waals surface area contributed by atoms with Gasteiger partial charge in [-0.15, -0.1) is 0 Å². The Labute approximate surface area is 149 Å². The van der Waals surface area contributed by atoms with Crippen molar-refractivity contribution in [1.29, 1.82) is 0 Å². The lowest BCUT2D eigenvalue weighted by molar-refractivity contribution is -0.137. The zero-order valence-corrected chi connectivity index (χ0v) is 16.4. The third-order valence-electron chi connectivity index (χ3n) is 4.46. The fourth-order valence-corrected chi connectivity index (χ4v) is 3.79. The maximum Gasteiger partial charge on any atom is 0.416 e. The molecular weight excluding hydrogens is 349 g/mol. The molecule has 0 atom stereocenters. The van der Waals surface area contributed by atoms with Crippen molar-refractivity contribution in [3.05, 3.63) is 34.9 Å². The van der Waals surface area contributed by atoms with Crippen molar-refractivity contribution in [3.8, 4) is 0 Å². The van der Waals surface area contributed by atoms with Crippen molar-refractivity contribution < 1.29 is 21.6 Å². The van der Waals surface area contributed by atoms with Gasteiger partial charge in [0.25, 0.3) is 0 Å². The number of alkyl halides is 3. The van der Waals surface area contributed by atoms with Gasteiger partial charge in [-0.2, -0.15) is 13.2 Å². The summed E-state index contributed by atoms with van der Waals surface area (Å²) >= 11 is 0. The van der Waals surface area contributed by atoms with Crippen LogP contribution in [-0.4, -0.2) is 18.9 Å². The first kappa shape index (κ1) is 22.0.